The van der Waals surface area contributed by atoms with Crippen molar-refractivity contribution in [3.8, 4) is 0 Å². The van der Waals surface area contributed by atoms with Crippen LogP contribution < -0.4 is 0 Å². The summed E-state index contributed by atoms with van der Waals surface area (Å²) in [6, 6.07) is 0. The van der Waals surface area contributed by atoms with Gasteiger partial charge in [0.25, 0.3) is 0 Å². The van der Waals surface area contributed by atoms with Crippen LogP contribution in [0.3, 0.4) is 0 Å². The van der Waals surface area contributed by atoms with Gasteiger partial charge in [0.1, 0.15) is 0 Å². The van der Waals surface area contributed by atoms with Crippen LogP contribution in [0.5, 0.6) is 0 Å². The van der Waals surface area contributed by atoms with Gasteiger partial charge >= 0.3 is 11.8 Å². The summed E-state index contributed by atoms with van der Waals surface area (Å²) in [5.41, 5.74) is -0.451. The van der Waals surface area contributed by atoms with Crippen LogP contribution in [0.2, 0.25) is 0 Å². The standard InChI is InChI=1S/C19H18F6/c1-4-18(22,23)19(24,25)12(3)14-9-10-15(17(21)16(14)20)13-7-5-11(2)6-8-13/h4-5,7H,1,3,6,8-10H2,2H3. The zero-order valence-electron chi connectivity index (χ0n) is 13.7. The molecule has 0 amide bonds. The lowest BCUT2D eigenvalue weighted by Gasteiger charge is -2.29. The van der Waals surface area contributed by atoms with Gasteiger partial charge in [0.2, 0.25) is 0 Å². The van der Waals surface area contributed by atoms with E-state index in [1.807, 2.05) is 6.92 Å². The first-order valence-corrected chi connectivity index (χ1v) is 7.76. The third kappa shape index (κ3) is 3.39. The van der Waals surface area contributed by atoms with Crippen LogP contribution in [0.1, 0.15) is 32.6 Å². The van der Waals surface area contributed by atoms with Gasteiger partial charge in [-0.1, -0.05) is 30.9 Å². The Morgan fingerprint density at radius 1 is 1.00 bits per heavy atom. The molecule has 0 unspecified atom stereocenters. The van der Waals surface area contributed by atoms with E-state index < -0.39 is 34.6 Å². The molecule has 0 aromatic carbocycles. The second-order valence-corrected chi connectivity index (χ2v) is 6.17. The highest BCUT2D eigenvalue weighted by Crippen LogP contribution is 2.48. The minimum atomic E-state index is -4.75. The highest BCUT2D eigenvalue weighted by atomic mass is 19.3. The van der Waals surface area contributed by atoms with E-state index in [1.54, 1.807) is 12.2 Å². The van der Waals surface area contributed by atoms with Crippen molar-refractivity contribution < 1.29 is 26.3 Å². The molecule has 136 valence electrons. The van der Waals surface area contributed by atoms with Crippen molar-refractivity contribution in [2.45, 2.75) is 44.5 Å². The average Bonchev–Trinajstić information content (AvgIpc) is 2.57. The molecule has 0 saturated carbocycles. The van der Waals surface area contributed by atoms with E-state index in [2.05, 4.69) is 13.2 Å². The number of rotatable bonds is 5. The van der Waals surface area contributed by atoms with E-state index in [-0.39, 0.29) is 24.5 Å². The van der Waals surface area contributed by atoms with Gasteiger partial charge in [0.15, 0.2) is 11.7 Å². The molecule has 2 rings (SSSR count). The summed E-state index contributed by atoms with van der Waals surface area (Å²) in [5, 5.41) is 0. The smallest absolute Gasteiger partial charge is 0.203 e. The number of alkyl halides is 4. The van der Waals surface area contributed by atoms with Crippen molar-refractivity contribution in [2.24, 2.45) is 0 Å². The van der Waals surface area contributed by atoms with Gasteiger partial charge in [-0.2, -0.15) is 17.6 Å². The highest BCUT2D eigenvalue weighted by molar-refractivity contribution is 5.52. The Labute approximate surface area is 142 Å². The summed E-state index contributed by atoms with van der Waals surface area (Å²) in [7, 11) is 0. The maximum Gasteiger partial charge on any atom is 0.338 e. The van der Waals surface area contributed by atoms with Crippen molar-refractivity contribution in [3.05, 3.63) is 70.9 Å². The first-order valence-electron chi connectivity index (χ1n) is 7.76. The quantitative estimate of drug-likeness (QED) is 0.369. The van der Waals surface area contributed by atoms with Crippen LogP contribution in [0.4, 0.5) is 26.3 Å². The molecule has 0 aromatic heterocycles. The molecular formula is C19H18F6. The number of halogens is 6. The molecule has 0 heterocycles. The molecule has 2 aliphatic rings. The summed E-state index contributed by atoms with van der Waals surface area (Å²) in [6.45, 7) is 7.48. The molecule has 0 nitrogen and oxygen atoms in total. The van der Waals surface area contributed by atoms with Crippen LogP contribution >= 0.6 is 0 Å². The normalized spacial score (nSPS) is 19.6. The Balaban J connectivity index is 2.42. The minimum absolute atomic E-state index is 0.0535. The van der Waals surface area contributed by atoms with E-state index in [9.17, 15) is 26.3 Å². The average molecular weight is 360 g/mol. The molecule has 0 fully saturated rings. The third-order valence-corrected chi connectivity index (χ3v) is 4.51. The summed E-state index contributed by atoms with van der Waals surface area (Å²) >= 11 is 0. The van der Waals surface area contributed by atoms with Crippen LogP contribution in [-0.4, -0.2) is 11.8 Å². The maximum atomic E-state index is 14.4. The zero-order chi connectivity index (χ0) is 19.0. The Morgan fingerprint density at radius 3 is 2.16 bits per heavy atom. The SMILES string of the molecule is C=CC(F)(F)C(F)(F)C(=C)C1=C(F)C(F)=C(C2=CC=C(C)CC2)CC1. The minimum Gasteiger partial charge on any atom is -0.203 e. The highest BCUT2D eigenvalue weighted by Gasteiger charge is 2.57. The van der Waals surface area contributed by atoms with Crippen molar-refractivity contribution >= 4 is 0 Å². The van der Waals surface area contributed by atoms with Gasteiger partial charge in [-0.05, 0) is 49.8 Å². The van der Waals surface area contributed by atoms with Crippen LogP contribution in [0.15, 0.2) is 70.9 Å². The molecular weight excluding hydrogens is 342 g/mol. The van der Waals surface area contributed by atoms with E-state index in [0.717, 1.165) is 5.57 Å². The topological polar surface area (TPSA) is 0 Å². The Morgan fingerprint density at radius 2 is 1.64 bits per heavy atom. The molecule has 0 saturated heterocycles. The van der Waals surface area contributed by atoms with Crippen LogP contribution in [0, 0.1) is 0 Å². The van der Waals surface area contributed by atoms with Crippen molar-refractivity contribution in [1.29, 1.82) is 0 Å². The fourth-order valence-corrected chi connectivity index (χ4v) is 2.83. The molecule has 6 heteroatoms. The molecule has 25 heavy (non-hydrogen) atoms. The molecule has 0 radical (unpaired) electrons. The molecule has 0 aliphatic heterocycles. The molecule has 0 bridgehead atoms. The largest absolute Gasteiger partial charge is 0.338 e. The second kappa shape index (κ2) is 6.73. The van der Waals surface area contributed by atoms with Gasteiger partial charge in [-0.15, -0.1) is 0 Å². The Kier molecular flexibility index (Phi) is 5.21. The number of allylic oxidation sites excluding steroid dienone is 10. The number of hydrogen-bond donors (Lipinski definition) is 0. The van der Waals surface area contributed by atoms with Crippen LogP contribution in [-0.2, 0) is 0 Å². The monoisotopic (exact) mass is 360 g/mol. The lowest BCUT2D eigenvalue weighted by atomic mass is 9.83. The molecule has 0 atom stereocenters. The van der Waals surface area contributed by atoms with Crippen molar-refractivity contribution in [3.63, 3.8) is 0 Å². The lowest BCUT2D eigenvalue weighted by molar-refractivity contribution is -0.152. The Bertz CT molecular complexity index is 731. The van der Waals surface area contributed by atoms with E-state index in [1.165, 1.54) is 0 Å². The summed E-state index contributed by atoms with van der Waals surface area (Å²) in [5.74, 6) is -12.2. The van der Waals surface area contributed by atoms with Crippen molar-refractivity contribution in [1.82, 2.24) is 0 Å². The molecule has 0 spiro atoms. The summed E-state index contributed by atoms with van der Waals surface area (Å²) in [6.07, 6.45) is 4.06. The predicted molar refractivity (Wildman–Crippen MR) is 85.8 cm³/mol. The predicted octanol–water partition coefficient (Wildman–Crippen LogP) is 6.91. The fraction of sp³-hybridized carbons (Fsp3) is 0.368. The van der Waals surface area contributed by atoms with E-state index >= 15 is 0 Å². The van der Waals surface area contributed by atoms with Gasteiger partial charge in [0.05, 0.1) is 0 Å². The van der Waals surface area contributed by atoms with Gasteiger partial charge in [-0.25, -0.2) is 8.78 Å². The maximum absolute atomic E-state index is 14.4. The van der Waals surface area contributed by atoms with E-state index in [4.69, 9.17) is 0 Å². The first kappa shape index (κ1) is 19.3. The van der Waals surface area contributed by atoms with E-state index in [0.29, 0.717) is 18.4 Å². The number of hydrogen-bond acceptors (Lipinski definition) is 0. The first-order chi connectivity index (χ1) is 11.5. The molecule has 0 aromatic rings. The second-order valence-electron chi connectivity index (χ2n) is 6.17. The third-order valence-electron chi connectivity index (χ3n) is 4.51. The molecule has 0 N–H and O–H groups in total. The van der Waals surface area contributed by atoms with Crippen LogP contribution in [0.25, 0.3) is 0 Å². The zero-order valence-corrected chi connectivity index (χ0v) is 13.7. The molecule has 2 aliphatic carbocycles. The van der Waals surface area contributed by atoms with Gasteiger partial charge in [-0.3, -0.25) is 0 Å². The van der Waals surface area contributed by atoms with Gasteiger partial charge < -0.3 is 0 Å². The van der Waals surface area contributed by atoms with Crippen molar-refractivity contribution in [2.75, 3.05) is 0 Å². The summed E-state index contributed by atoms with van der Waals surface area (Å²) in [4.78, 5) is 0. The Hall–Kier alpha value is -1.98. The summed E-state index contributed by atoms with van der Waals surface area (Å²) < 4.78 is 83.3. The fourth-order valence-electron chi connectivity index (χ4n) is 2.83. The van der Waals surface area contributed by atoms with Gasteiger partial charge in [0, 0.05) is 11.1 Å². The lowest BCUT2D eigenvalue weighted by Crippen LogP contribution is -2.40.